The van der Waals surface area contributed by atoms with Crippen LogP contribution in [-0.2, 0) is 0 Å². The van der Waals surface area contributed by atoms with Crippen molar-refractivity contribution < 1.29 is 4.39 Å². The second-order valence-corrected chi connectivity index (χ2v) is 4.33. The highest BCUT2D eigenvalue weighted by Crippen LogP contribution is 2.25. The molecule has 0 aliphatic rings. The molecule has 18 heavy (non-hydrogen) atoms. The second-order valence-electron chi connectivity index (χ2n) is 3.89. The monoisotopic (exact) mass is 260 g/mol. The van der Waals surface area contributed by atoms with Crippen molar-refractivity contribution >= 4 is 23.0 Å². The Morgan fingerprint density at radius 1 is 1.22 bits per heavy atom. The molecule has 0 saturated heterocycles. The molecule has 4 heteroatoms. The number of halogens is 2. The zero-order valence-corrected chi connectivity index (χ0v) is 10.4. The summed E-state index contributed by atoms with van der Waals surface area (Å²) in [6, 6.07) is 11.6. The van der Waals surface area contributed by atoms with E-state index in [4.69, 9.17) is 16.9 Å². The fourth-order valence-corrected chi connectivity index (χ4v) is 1.74. The van der Waals surface area contributed by atoms with Crippen LogP contribution in [0.15, 0.2) is 36.4 Å². The second kappa shape index (κ2) is 5.07. The number of aryl methyl sites for hydroxylation is 1. The van der Waals surface area contributed by atoms with Crippen LogP contribution >= 0.6 is 11.6 Å². The first-order valence-electron chi connectivity index (χ1n) is 5.33. The molecule has 2 nitrogen and oxygen atoms in total. The molecule has 0 amide bonds. The molecule has 0 aliphatic heterocycles. The lowest BCUT2D eigenvalue weighted by Crippen LogP contribution is -1.94. The van der Waals surface area contributed by atoms with Gasteiger partial charge < -0.3 is 5.32 Å². The lowest BCUT2D eigenvalue weighted by atomic mass is 10.1. The number of anilines is 2. The van der Waals surface area contributed by atoms with Gasteiger partial charge in [-0.2, -0.15) is 5.26 Å². The number of nitrogens with zero attached hydrogens (tertiary/aromatic N) is 1. The summed E-state index contributed by atoms with van der Waals surface area (Å²) in [4.78, 5) is 0. The van der Waals surface area contributed by atoms with Crippen LogP contribution in [0, 0.1) is 24.1 Å². The SMILES string of the molecule is Cc1ccc(Cl)cc1Nc1ccc(C#N)c(F)c1. The number of benzene rings is 2. The Kier molecular flexibility index (Phi) is 3.50. The van der Waals surface area contributed by atoms with Crippen molar-refractivity contribution in [2.45, 2.75) is 6.92 Å². The molecular formula is C14H10ClFN2. The average Bonchev–Trinajstić information content (AvgIpc) is 2.34. The summed E-state index contributed by atoms with van der Waals surface area (Å²) < 4.78 is 13.4. The minimum absolute atomic E-state index is 0.0309. The van der Waals surface area contributed by atoms with Gasteiger partial charge in [-0.05, 0) is 42.8 Å². The van der Waals surface area contributed by atoms with Gasteiger partial charge in [-0.25, -0.2) is 4.39 Å². The van der Waals surface area contributed by atoms with Gasteiger partial charge in [0.15, 0.2) is 0 Å². The molecule has 0 fully saturated rings. The minimum atomic E-state index is -0.540. The molecule has 0 bridgehead atoms. The fourth-order valence-electron chi connectivity index (χ4n) is 1.57. The van der Waals surface area contributed by atoms with Crippen molar-refractivity contribution in [3.8, 4) is 6.07 Å². The highest BCUT2D eigenvalue weighted by molar-refractivity contribution is 6.30. The number of nitriles is 1. The Morgan fingerprint density at radius 3 is 2.67 bits per heavy atom. The minimum Gasteiger partial charge on any atom is -0.355 e. The largest absolute Gasteiger partial charge is 0.355 e. The molecule has 0 spiro atoms. The van der Waals surface area contributed by atoms with Crippen molar-refractivity contribution in [3.05, 3.63) is 58.4 Å². The smallest absolute Gasteiger partial charge is 0.143 e. The molecule has 0 heterocycles. The normalized spacial score (nSPS) is 9.89. The van der Waals surface area contributed by atoms with Crippen LogP contribution in [0.25, 0.3) is 0 Å². The summed E-state index contributed by atoms with van der Waals surface area (Å²) in [5, 5.41) is 12.3. The van der Waals surface area contributed by atoms with Crippen LogP contribution in [0.3, 0.4) is 0 Å². The lowest BCUT2D eigenvalue weighted by molar-refractivity contribution is 0.624. The first-order valence-corrected chi connectivity index (χ1v) is 5.71. The van der Waals surface area contributed by atoms with Gasteiger partial charge >= 0.3 is 0 Å². The van der Waals surface area contributed by atoms with Crippen LogP contribution in [-0.4, -0.2) is 0 Å². The van der Waals surface area contributed by atoms with E-state index >= 15 is 0 Å². The Labute approximate surface area is 110 Å². The summed E-state index contributed by atoms with van der Waals surface area (Å²) >= 11 is 5.90. The van der Waals surface area contributed by atoms with Crippen molar-refractivity contribution in [2.24, 2.45) is 0 Å². The summed E-state index contributed by atoms with van der Waals surface area (Å²) in [6.45, 7) is 1.93. The molecule has 0 radical (unpaired) electrons. The van der Waals surface area contributed by atoms with Gasteiger partial charge in [0.05, 0.1) is 5.56 Å². The first-order chi connectivity index (χ1) is 8.60. The van der Waals surface area contributed by atoms with Crippen LogP contribution in [0.5, 0.6) is 0 Å². The van der Waals surface area contributed by atoms with E-state index < -0.39 is 5.82 Å². The molecule has 0 atom stereocenters. The molecule has 90 valence electrons. The number of hydrogen-bond donors (Lipinski definition) is 1. The molecule has 0 saturated carbocycles. The third kappa shape index (κ3) is 2.61. The molecule has 2 aromatic carbocycles. The molecule has 2 rings (SSSR count). The van der Waals surface area contributed by atoms with Crippen molar-refractivity contribution in [1.29, 1.82) is 5.26 Å². The van der Waals surface area contributed by atoms with Crippen molar-refractivity contribution in [3.63, 3.8) is 0 Å². The van der Waals surface area contributed by atoms with Gasteiger partial charge in [-0.3, -0.25) is 0 Å². The summed E-state index contributed by atoms with van der Waals surface area (Å²) in [7, 11) is 0. The zero-order valence-electron chi connectivity index (χ0n) is 9.67. The van der Waals surface area contributed by atoms with Gasteiger partial charge in [-0.15, -0.1) is 0 Å². The molecule has 0 aromatic heterocycles. The Bertz CT molecular complexity index is 632. The third-order valence-electron chi connectivity index (χ3n) is 2.57. The Balaban J connectivity index is 2.32. The van der Waals surface area contributed by atoms with Crippen LogP contribution in [0.1, 0.15) is 11.1 Å². The maximum absolute atomic E-state index is 13.4. The molecule has 2 aromatic rings. The maximum atomic E-state index is 13.4. The lowest BCUT2D eigenvalue weighted by Gasteiger charge is -2.10. The number of nitrogens with one attached hydrogen (secondary N) is 1. The molecule has 0 unspecified atom stereocenters. The van der Waals surface area contributed by atoms with Gasteiger partial charge in [0.2, 0.25) is 0 Å². The number of rotatable bonds is 2. The van der Waals surface area contributed by atoms with E-state index in [-0.39, 0.29) is 5.56 Å². The molecule has 1 N–H and O–H groups in total. The van der Waals surface area contributed by atoms with Crippen molar-refractivity contribution in [1.82, 2.24) is 0 Å². The van der Waals surface area contributed by atoms with E-state index in [9.17, 15) is 4.39 Å². The predicted octanol–water partition coefficient (Wildman–Crippen LogP) is 4.40. The van der Waals surface area contributed by atoms with E-state index in [1.807, 2.05) is 13.0 Å². The van der Waals surface area contributed by atoms with Gasteiger partial charge in [0.1, 0.15) is 11.9 Å². The third-order valence-corrected chi connectivity index (χ3v) is 2.80. The molecule has 0 aliphatic carbocycles. The van der Waals surface area contributed by atoms with Gasteiger partial charge in [0.25, 0.3) is 0 Å². The maximum Gasteiger partial charge on any atom is 0.143 e. The van der Waals surface area contributed by atoms with Gasteiger partial charge in [-0.1, -0.05) is 17.7 Å². The zero-order chi connectivity index (χ0) is 13.1. The van der Waals surface area contributed by atoms with E-state index in [0.717, 1.165) is 11.3 Å². The fraction of sp³-hybridized carbons (Fsp3) is 0.0714. The standard InChI is InChI=1S/C14H10ClFN2/c1-9-2-4-11(15)6-14(9)18-12-5-3-10(8-17)13(16)7-12/h2-7,18H,1H3. The molecular weight excluding hydrogens is 251 g/mol. The van der Waals surface area contributed by atoms with Gasteiger partial charge in [0, 0.05) is 16.4 Å². The van der Waals surface area contributed by atoms with Crippen LogP contribution in [0.2, 0.25) is 5.02 Å². The predicted molar refractivity (Wildman–Crippen MR) is 70.6 cm³/mol. The summed E-state index contributed by atoms with van der Waals surface area (Å²) in [6.07, 6.45) is 0. The van der Waals surface area contributed by atoms with Crippen molar-refractivity contribution in [2.75, 3.05) is 5.32 Å². The van der Waals surface area contributed by atoms with E-state index in [1.165, 1.54) is 12.1 Å². The summed E-state index contributed by atoms with van der Waals surface area (Å²) in [5.74, 6) is -0.540. The highest BCUT2D eigenvalue weighted by Gasteiger charge is 2.04. The van der Waals surface area contributed by atoms with Crippen LogP contribution < -0.4 is 5.32 Å². The Morgan fingerprint density at radius 2 is 2.00 bits per heavy atom. The average molecular weight is 261 g/mol. The topological polar surface area (TPSA) is 35.8 Å². The van der Waals surface area contributed by atoms with E-state index in [2.05, 4.69) is 5.32 Å². The highest BCUT2D eigenvalue weighted by atomic mass is 35.5. The number of hydrogen-bond acceptors (Lipinski definition) is 2. The quantitative estimate of drug-likeness (QED) is 0.869. The van der Waals surface area contributed by atoms with E-state index in [0.29, 0.717) is 10.7 Å². The summed E-state index contributed by atoms with van der Waals surface area (Å²) in [5.41, 5.74) is 2.43. The first kappa shape index (κ1) is 12.4. The van der Waals surface area contributed by atoms with Crippen LogP contribution in [0.4, 0.5) is 15.8 Å². The van der Waals surface area contributed by atoms with E-state index in [1.54, 1.807) is 24.3 Å². The Hall–Kier alpha value is -2.05.